The van der Waals surface area contributed by atoms with Crippen LogP contribution >= 0.6 is 11.6 Å². The first kappa shape index (κ1) is 15.6. The van der Waals surface area contributed by atoms with Crippen LogP contribution in [0.5, 0.6) is 0 Å². The topological polar surface area (TPSA) is 74.8 Å². The lowest BCUT2D eigenvalue weighted by Gasteiger charge is -2.08. The summed E-state index contributed by atoms with van der Waals surface area (Å²) in [5.41, 5.74) is 2.59. The van der Waals surface area contributed by atoms with Gasteiger partial charge in [0.2, 0.25) is 0 Å². The van der Waals surface area contributed by atoms with Gasteiger partial charge in [-0.25, -0.2) is 13.4 Å². The highest BCUT2D eigenvalue weighted by atomic mass is 35.5. The average Bonchev–Trinajstić information content (AvgIpc) is 3.02. The Morgan fingerprint density at radius 3 is 2.57 bits per heavy atom. The quantitative estimate of drug-likeness (QED) is 0.704. The minimum absolute atomic E-state index is 0.118. The van der Waals surface area contributed by atoms with E-state index in [2.05, 4.69) is 14.7 Å². The zero-order valence-electron chi connectivity index (χ0n) is 12.2. The summed E-state index contributed by atoms with van der Waals surface area (Å²) >= 11 is 5.98. The molecule has 23 heavy (non-hydrogen) atoms. The first-order valence-corrected chi connectivity index (χ1v) is 8.71. The van der Waals surface area contributed by atoms with Crippen LogP contribution < -0.4 is 4.72 Å². The van der Waals surface area contributed by atoms with E-state index in [9.17, 15) is 8.42 Å². The summed E-state index contributed by atoms with van der Waals surface area (Å²) < 4.78 is 27.4. The number of H-pyrrole nitrogens is 1. The Hall–Kier alpha value is -2.31. The molecule has 7 heteroatoms. The van der Waals surface area contributed by atoms with E-state index in [1.807, 2.05) is 30.3 Å². The molecule has 0 amide bonds. The Kier molecular flexibility index (Phi) is 4.11. The SMILES string of the molecule is Cc1ccc(NS(=O)(=O)c2c[nH]c(-c3ccccc3)c2)c(Cl)n1. The van der Waals surface area contributed by atoms with Crippen molar-refractivity contribution in [3.8, 4) is 11.3 Å². The third-order valence-corrected chi connectivity index (χ3v) is 4.92. The van der Waals surface area contributed by atoms with Crippen LogP contribution in [0.2, 0.25) is 5.15 Å². The summed E-state index contributed by atoms with van der Waals surface area (Å²) in [6, 6.07) is 14.3. The minimum Gasteiger partial charge on any atom is -0.360 e. The summed E-state index contributed by atoms with van der Waals surface area (Å²) in [6.45, 7) is 1.78. The first-order chi connectivity index (χ1) is 11.0. The van der Waals surface area contributed by atoms with Gasteiger partial charge in [-0.05, 0) is 30.7 Å². The van der Waals surface area contributed by atoms with Gasteiger partial charge in [0.1, 0.15) is 4.90 Å². The number of anilines is 1. The molecule has 0 radical (unpaired) electrons. The van der Waals surface area contributed by atoms with E-state index in [1.54, 1.807) is 25.1 Å². The van der Waals surface area contributed by atoms with E-state index in [0.29, 0.717) is 5.69 Å². The molecule has 0 fully saturated rings. The van der Waals surface area contributed by atoms with E-state index in [-0.39, 0.29) is 15.7 Å². The van der Waals surface area contributed by atoms with Crippen LogP contribution in [0.3, 0.4) is 0 Å². The second-order valence-electron chi connectivity index (χ2n) is 5.01. The highest BCUT2D eigenvalue weighted by Crippen LogP contribution is 2.25. The van der Waals surface area contributed by atoms with Crippen LogP contribution in [0.4, 0.5) is 5.69 Å². The number of hydrogen-bond donors (Lipinski definition) is 2. The molecule has 2 aromatic heterocycles. The number of pyridine rings is 1. The van der Waals surface area contributed by atoms with E-state index in [4.69, 9.17) is 11.6 Å². The molecular formula is C16H14ClN3O2S. The second kappa shape index (κ2) is 6.06. The molecule has 118 valence electrons. The van der Waals surface area contributed by atoms with Crippen LogP contribution in [0.15, 0.2) is 59.6 Å². The monoisotopic (exact) mass is 347 g/mol. The average molecular weight is 348 g/mol. The number of nitrogens with zero attached hydrogens (tertiary/aromatic N) is 1. The van der Waals surface area contributed by atoms with Crippen molar-refractivity contribution < 1.29 is 8.42 Å². The van der Waals surface area contributed by atoms with Crippen molar-refractivity contribution in [2.45, 2.75) is 11.8 Å². The molecule has 0 spiro atoms. The zero-order valence-corrected chi connectivity index (χ0v) is 13.8. The third-order valence-electron chi connectivity index (χ3n) is 3.28. The highest BCUT2D eigenvalue weighted by molar-refractivity contribution is 7.92. The molecule has 0 unspecified atom stereocenters. The van der Waals surface area contributed by atoms with E-state index >= 15 is 0 Å². The number of halogens is 1. The molecule has 5 nitrogen and oxygen atoms in total. The van der Waals surface area contributed by atoms with Gasteiger partial charge in [0.05, 0.1) is 5.69 Å². The predicted molar refractivity (Wildman–Crippen MR) is 91.0 cm³/mol. The predicted octanol–water partition coefficient (Wildman–Crippen LogP) is 3.84. The van der Waals surface area contributed by atoms with E-state index < -0.39 is 10.0 Å². The Morgan fingerprint density at radius 1 is 1.13 bits per heavy atom. The summed E-state index contributed by atoms with van der Waals surface area (Å²) in [6.07, 6.45) is 1.44. The molecule has 0 aliphatic rings. The van der Waals surface area contributed by atoms with Crippen LogP contribution in [0.25, 0.3) is 11.3 Å². The molecule has 3 rings (SSSR count). The second-order valence-corrected chi connectivity index (χ2v) is 7.05. The lowest BCUT2D eigenvalue weighted by atomic mass is 10.2. The van der Waals surface area contributed by atoms with E-state index in [0.717, 1.165) is 11.3 Å². The number of hydrogen-bond acceptors (Lipinski definition) is 3. The molecule has 0 saturated carbocycles. The standard InChI is InChI=1S/C16H14ClN3O2S/c1-11-7-8-14(16(17)19-11)20-23(21,22)13-9-15(18-10-13)12-5-3-2-4-6-12/h2-10,18,20H,1H3. The minimum atomic E-state index is -3.74. The molecule has 2 heterocycles. The summed E-state index contributed by atoms with van der Waals surface area (Å²) in [5, 5.41) is 0.118. The van der Waals surface area contributed by atoms with Crippen LogP contribution in [-0.4, -0.2) is 18.4 Å². The maximum atomic E-state index is 12.5. The van der Waals surface area contributed by atoms with Crippen molar-refractivity contribution >= 4 is 27.3 Å². The number of aromatic amines is 1. The van der Waals surface area contributed by atoms with Gasteiger partial charge in [-0.15, -0.1) is 0 Å². The molecule has 0 aliphatic heterocycles. The van der Waals surface area contributed by atoms with Crippen LogP contribution in [0.1, 0.15) is 5.69 Å². The van der Waals surface area contributed by atoms with Crippen molar-refractivity contribution in [2.24, 2.45) is 0 Å². The van der Waals surface area contributed by atoms with Gasteiger partial charge in [0.15, 0.2) is 5.15 Å². The number of aromatic nitrogens is 2. The molecule has 2 N–H and O–H groups in total. The largest absolute Gasteiger partial charge is 0.360 e. The Morgan fingerprint density at radius 2 is 1.87 bits per heavy atom. The Balaban J connectivity index is 1.90. The van der Waals surface area contributed by atoms with Crippen molar-refractivity contribution in [1.82, 2.24) is 9.97 Å². The summed E-state index contributed by atoms with van der Waals surface area (Å²) in [7, 11) is -3.74. The van der Waals surface area contributed by atoms with Crippen LogP contribution in [-0.2, 0) is 10.0 Å². The number of nitrogens with one attached hydrogen (secondary N) is 2. The molecule has 0 aliphatic carbocycles. The third kappa shape index (κ3) is 3.38. The van der Waals surface area contributed by atoms with Gasteiger partial charge in [0, 0.05) is 17.6 Å². The maximum Gasteiger partial charge on any atom is 0.263 e. The Labute approximate surface area is 139 Å². The fraction of sp³-hybridized carbons (Fsp3) is 0.0625. The van der Waals surface area contributed by atoms with E-state index in [1.165, 1.54) is 6.20 Å². The first-order valence-electron chi connectivity index (χ1n) is 6.85. The normalized spacial score (nSPS) is 11.4. The summed E-state index contributed by atoms with van der Waals surface area (Å²) in [4.78, 5) is 7.14. The van der Waals surface area contributed by atoms with Crippen molar-refractivity contribution in [2.75, 3.05) is 4.72 Å². The van der Waals surface area contributed by atoms with Gasteiger partial charge in [0.25, 0.3) is 10.0 Å². The molecule has 1 aromatic carbocycles. The molecule has 0 bridgehead atoms. The van der Waals surface area contributed by atoms with Gasteiger partial charge < -0.3 is 4.98 Å². The number of benzene rings is 1. The van der Waals surface area contributed by atoms with Crippen molar-refractivity contribution in [3.05, 3.63) is 65.6 Å². The number of sulfonamides is 1. The van der Waals surface area contributed by atoms with Crippen molar-refractivity contribution in [3.63, 3.8) is 0 Å². The molecule has 0 atom stereocenters. The zero-order chi connectivity index (χ0) is 16.4. The fourth-order valence-corrected chi connectivity index (χ4v) is 3.48. The molecule has 3 aromatic rings. The van der Waals surface area contributed by atoms with Gasteiger partial charge in [-0.3, -0.25) is 4.72 Å². The fourth-order valence-electron chi connectivity index (χ4n) is 2.12. The summed E-state index contributed by atoms with van der Waals surface area (Å²) in [5.74, 6) is 0. The lowest BCUT2D eigenvalue weighted by Crippen LogP contribution is -2.12. The van der Waals surface area contributed by atoms with Gasteiger partial charge >= 0.3 is 0 Å². The number of rotatable bonds is 4. The van der Waals surface area contributed by atoms with Crippen LogP contribution in [0, 0.1) is 6.92 Å². The van der Waals surface area contributed by atoms with Gasteiger partial charge in [-0.1, -0.05) is 41.9 Å². The maximum absolute atomic E-state index is 12.5. The smallest absolute Gasteiger partial charge is 0.263 e. The number of aryl methyl sites for hydroxylation is 1. The van der Waals surface area contributed by atoms with Gasteiger partial charge in [-0.2, -0.15) is 0 Å². The molecular weight excluding hydrogens is 334 g/mol. The highest BCUT2D eigenvalue weighted by Gasteiger charge is 2.18. The Bertz CT molecular complexity index is 937. The van der Waals surface area contributed by atoms with Crippen molar-refractivity contribution in [1.29, 1.82) is 0 Å². The molecule has 0 saturated heterocycles. The lowest BCUT2D eigenvalue weighted by molar-refractivity contribution is 0.601.